The second-order valence-corrected chi connectivity index (χ2v) is 8.12. The molecule has 1 amide bonds. The molecule has 0 aliphatic rings. The van der Waals surface area contributed by atoms with Gasteiger partial charge in [-0.2, -0.15) is 4.31 Å². The molecule has 5 nitrogen and oxygen atoms in total. The van der Waals surface area contributed by atoms with Gasteiger partial charge in [0, 0.05) is 25.2 Å². The average molecular weight is 375 g/mol. The number of hydrogen-bond acceptors (Lipinski definition) is 3. The van der Waals surface area contributed by atoms with E-state index in [0.29, 0.717) is 25.2 Å². The van der Waals surface area contributed by atoms with Gasteiger partial charge in [0.05, 0.1) is 4.90 Å². The van der Waals surface area contributed by atoms with E-state index in [1.165, 1.54) is 10.4 Å². The Morgan fingerprint density at radius 2 is 1.69 bits per heavy atom. The highest BCUT2D eigenvalue weighted by Crippen LogP contribution is 2.22. The monoisotopic (exact) mass is 374 g/mol. The Morgan fingerprint density at radius 1 is 1.04 bits per heavy atom. The summed E-state index contributed by atoms with van der Waals surface area (Å²) in [6, 6.07) is 16.2. The van der Waals surface area contributed by atoms with Crippen molar-refractivity contribution in [2.24, 2.45) is 0 Å². The van der Waals surface area contributed by atoms with E-state index in [0.717, 1.165) is 5.56 Å². The third-order valence-corrected chi connectivity index (χ3v) is 6.37. The number of nitrogens with one attached hydrogen (secondary N) is 1. The van der Waals surface area contributed by atoms with E-state index in [4.69, 9.17) is 0 Å². The molecule has 0 radical (unpaired) electrons. The van der Waals surface area contributed by atoms with Crippen LogP contribution in [0.1, 0.15) is 38.7 Å². The van der Waals surface area contributed by atoms with Crippen LogP contribution in [0.25, 0.3) is 0 Å². The van der Waals surface area contributed by atoms with Crippen molar-refractivity contribution in [3.8, 4) is 0 Å². The van der Waals surface area contributed by atoms with Gasteiger partial charge in [-0.15, -0.1) is 0 Å². The SMILES string of the molecule is CCN(CC)S(=O)(=O)c1cccc(NC(=O)C[C@H](C)c2ccccc2)c1. The maximum atomic E-state index is 12.6. The second kappa shape index (κ2) is 8.96. The van der Waals surface area contributed by atoms with Gasteiger partial charge in [0.25, 0.3) is 0 Å². The van der Waals surface area contributed by atoms with Gasteiger partial charge in [-0.3, -0.25) is 4.79 Å². The van der Waals surface area contributed by atoms with Crippen LogP contribution in [0.15, 0.2) is 59.5 Å². The number of carbonyl (C=O) groups is 1. The minimum atomic E-state index is -3.54. The first kappa shape index (κ1) is 20.1. The average Bonchev–Trinajstić information content (AvgIpc) is 2.63. The molecule has 2 aromatic rings. The first-order valence-electron chi connectivity index (χ1n) is 8.83. The fourth-order valence-corrected chi connectivity index (χ4v) is 4.34. The number of carbonyl (C=O) groups excluding carboxylic acids is 1. The van der Waals surface area contributed by atoms with Gasteiger partial charge in [-0.25, -0.2) is 8.42 Å². The molecule has 0 spiro atoms. The fraction of sp³-hybridized carbons (Fsp3) is 0.350. The topological polar surface area (TPSA) is 66.5 Å². The molecule has 6 heteroatoms. The van der Waals surface area contributed by atoms with Crippen LogP contribution in [0.2, 0.25) is 0 Å². The summed E-state index contributed by atoms with van der Waals surface area (Å²) in [5.74, 6) is -0.0578. The number of benzene rings is 2. The number of anilines is 1. The predicted molar refractivity (Wildman–Crippen MR) is 105 cm³/mol. The summed E-state index contributed by atoms with van der Waals surface area (Å²) >= 11 is 0. The van der Waals surface area contributed by atoms with Crippen LogP contribution in [0.3, 0.4) is 0 Å². The lowest BCUT2D eigenvalue weighted by Crippen LogP contribution is -2.30. The molecule has 2 rings (SSSR count). The molecule has 2 aromatic carbocycles. The lowest BCUT2D eigenvalue weighted by molar-refractivity contribution is -0.116. The molecular formula is C20H26N2O3S. The molecule has 1 N–H and O–H groups in total. The number of hydrogen-bond donors (Lipinski definition) is 1. The molecule has 0 aliphatic carbocycles. The number of amides is 1. The van der Waals surface area contributed by atoms with E-state index in [1.807, 2.05) is 37.3 Å². The Hall–Kier alpha value is -2.18. The molecule has 0 saturated heterocycles. The lowest BCUT2D eigenvalue weighted by Gasteiger charge is -2.19. The smallest absolute Gasteiger partial charge is 0.243 e. The van der Waals surface area contributed by atoms with Crippen LogP contribution in [0.5, 0.6) is 0 Å². The molecule has 0 aromatic heterocycles. The summed E-state index contributed by atoms with van der Waals surface area (Å²) in [5, 5.41) is 2.81. The van der Waals surface area contributed by atoms with Gasteiger partial charge in [-0.1, -0.05) is 57.2 Å². The van der Waals surface area contributed by atoms with Gasteiger partial charge in [0.1, 0.15) is 0 Å². The van der Waals surface area contributed by atoms with Gasteiger partial charge in [0.2, 0.25) is 15.9 Å². The molecule has 140 valence electrons. The molecule has 0 heterocycles. The van der Waals surface area contributed by atoms with Crippen molar-refractivity contribution in [3.05, 3.63) is 60.2 Å². The van der Waals surface area contributed by atoms with Crippen LogP contribution < -0.4 is 5.32 Å². The van der Waals surface area contributed by atoms with E-state index in [2.05, 4.69) is 5.32 Å². The quantitative estimate of drug-likeness (QED) is 0.763. The minimum absolute atomic E-state index is 0.0822. The number of rotatable bonds is 8. The van der Waals surface area contributed by atoms with E-state index in [9.17, 15) is 13.2 Å². The van der Waals surface area contributed by atoms with Crippen molar-refractivity contribution < 1.29 is 13.2 Å². The van der Waals surface area contributed by atoms with Crippen LogP contribution in [-0.4, -0.2) is 31.7 Å². The third kappa shape index (κ3) is 4.93. The lowest BCUT2D eigenvalue weighted by atomic mass is 9.97. The molecule has 0 saturated carbocycles. The van der Waals surface area contributed by atoms with Crippen molar-refractivity contribution in [2.45, 2.75) is 38.0 Å². The predicted octanol–water partition coefficient (Wildman–Crippen LogP) is 3.85. The number of nitrogens with zero attached hydrogens (tertiary/aromatic N) is 1. The van der Waals surface area contributed by atoms with Crippen LogP contribution in [-0.2, 0) is 14.8 Å². The highest BCUT2D eigenvalue weighted by atomic mass is 32.2. The Kier molecular flexibility index (Phi) is 6.94. The Bertz CT molecular complexity index is 831. The van der Waals surface area contributed by atoms with E-state index >= 15 is 0 Å². The minimum Gasteiger partial charge on any atom is -0.326 e. The molecule has 0 fully saturated rings. The zero-order valence-corrected chi connectivity index (χ0v) is 16.3. The maximum absolute atomic E-state index is 12.6. The Labute approximate surface area is 156 Å². The highest BCUT2D eigenvalue weighted by Gasteiger charge is 2.22. The largest absolute Gasteiger partial charge is 0.326 e. The van der Waals surface area contributed by atoms with Crippen molar-refractivity contribution in [3.63, 3.8) is 0 Å². The Balaban J connectivity index is 2.10. The van der Waals surface area contributed by atoms with Crippen LogP contribution in [0.4, 0.5) is 5.69 Å². The molecule has 0 aliphatic heterocycles. The molecular weight excluding hydrogens is 348 g/mol. The van der Waals surface area contributed by atoms with Crippen LogP contribution in [0, 0.1) is 0 Å². The maximum Gasteiger partial charge on any atom is 0.243 e. The van der Waals surface area contributed by atoms with Crippen LogP contribution >= 0.6 is 0 Å². The molecule has 1 atom stereocenters. The van der Waals surface area contributed by atoms with E-state index in [1.54, 1.807) is 32.0 Å². The number of sulfonamides is 1. The van der Waals surface area contributed by atoms with E-state index < -0.39 is 10.0 Å². The summed E-state index contributed by atoms with van der Waals surface area (Å²) < 4.78 is 26.6. The fourth-order valence-electron chi connectivity index (χ4n) is 2.84. The normalized spacial score (nSPS) is 12.8. The van der Waals surface area contributed by atoms with Crippen molar-refractivity contribution in [1.29, 1.82) is 0 Å². The third-order valence-electron chi connectivity index (χ3n) is 4.32. The van der Waals surface area contributed by atoms with Gasteiger partial charge in [0.15, 0.2) is 0 Å². The van der Waals surface area contributed by atoms with Crippen molar-refractivity contribution in [1.82, 2.24) is 4.31 Å². The molecule has 26 heavy (non-hydrogen) atoms. The summed E-state index contributed by atoms with van der Waals surface area (Å²) in [6.45, 7) is 6.42. The summed E-state index contributed by atoms with van der Waals surface area (Å²) in [4.78, 5) is 12.5. The molecule has 0 unspecified atom stereocenters. The summed E-state index contributed by atoms with van der Waals surface area (Å²) in [6.07, 6.45) is 0.330. The second-order valence-electron chi connectivity index (χ2n) is 6.18. The van der Waals surface area contributed by atoms with Crippen molar-refractivity contribution >= 4 is 21.6 Å². The highest BCUT2D eigenvalue weighted by molar-refractivity contribution is 7.89. The zero-order chi connectivity index (χ0) is 19.2. The first-order chi connectivity index (χ1) is 12.4. The van der Waals surface area contributed by atoms with Crippen molar-refractivity contribution in [2.75, 3.05) is 18.4 Å². The zero-order valence-electron chi connectivity index (χ0n) is 15.5. The van der Waals surface area contributed by atoms with Gasteiger partial charge < -0.3 is 5.32 Å². The van der Waals surface area contributed by atoms with Gasteiger partial charge >= 0.3 is 0 Å². The molecule has 0 bridgehead atoms. The van der Waals surface area contributed by atoms with E-state index in [-0.39, 0.29) is 16.7 Å². The van der Waals surface area contributed by atoms with Gasteiger partial charge in [-0.05, 0) is 29.7 Å². The summed E-state index contributed by atoms with van der Waals surface area (Å²) in [7, 11) is -3.54. The summed E-state index contributed by atoms with van der Waals surface area (Å²) in [5.41, 5.74) is 1.59. The Morgan fingerprint density at radius 3 is 2.31 bits per heavy atom. The first-order valence-corrected chi connectivity index (χ1v) is 10.3. The standard InChI is InChI=1S/C20H26N2O3S/c1-4-22(5-2)26(24,25)19-13-9-12-18(15-19)21-20(23)14-16(3)17-10-7-6-8-11-17/h6-13,15-16H,4-5,14H2,1-3H3,(H,21,23)/t16-/m0/s1.